The molecule has 2 rings (SSSR count). The van der Waals surface area contributed by atoms with Crippen molar-refractivity contribution >= 4 is 5.91 Å². The van der Waals surface area contributed by atoms with Gasteiger partial charge in [0, 0.05) is 6.54 Å². The molecule has 1 N–H and O–H groups in total. The average Bonchev–Trinajstić information content (AvgIpc) is 2.90. The van der Waals surface area contributed by atoms with Crippen LogP contribution < -0.4 is 5.32 Å². The van der Waals surface area contributed by atoms with Crippen molar-refractivity contribution in [3.05, 3.63) is 35.9 Å². The van der Waals surface area contributed by atoms with Crippen LogP contribution in [0.2, 0.25) is 0 Å². The second-order valence-corrected chi connectivity index (χ2v) is 6.09. The van der Waals surface area contributed by atoms with Crippen molar-refractivity contribution < 1.29 is 4.79 Å². The van der Waals surface area contributed by atoms with E-state index in [1.807, 2.05) is 18.2 Å². The summed E-state index contributed by atoms with van der Waals surface area (Å²) in [5, 5.41) is 3.16. The molecule has 1 saturated carbocycles. The van der Waals surface area contributed by atoms with Gasteiger partial charge in [0.15, 0.2) is 0 Å². The summed E-state index contributed by atoms with van der Waals surface area (Å²) in [5.74, 6) is 0.869. The largest absolute Gasteiger partial charge is 0.355 e. The van der Waals surface area contributed by atoms with E-state index in [-0.39, 0.29) is 11.3 Å². The van der Waals surface area contributed by atoms with Crippen LogP contribution in [-0.2, 0) is 10.2 Å². The minimum absolute atomic E-state index is 0.233. The zero-order chi connectivity index (χ0) is 13.7. The van der Waals surface area contributed by atoms with Crippen LogP contribution in [0.4, 0.5) is 0 Å². The predicted octanol–water partition coefficient (Wildman–Crippen LogP) is 3.66. The molecule has 0 aromatic heterocycles. The molecule has 0 aliphatic heterocycles. The Morgan fingerprint density at radius 2 is 1.84 bits per heavy atom. The number of rotatable bonds is 5. The first-order chi connectivity index (χ1) is 9.15. The van der Waals surface area contributed by atoms with Crippen molar-refractivity contribution in [3.63, 3.8) is 0 Å². The van der Waals surface area contributed by atoms with Crippen LogP contribution in [0.15, 0.2) is 30.3 Å². The van der Waals surface area contributed by atoms with Gasteiger partial charge in [-0.3, -0.25) is 4.79 Å². The number of nitrogens with one attached hydrogen (secondary N) is 1. The van der Waals surface area contributed by atoms with Gasteiger partial charge in [0.25, 0.3) is 0 Å². The fourth-order valence-electron chi connectivity index (χ4n) is 3.03. The molecule has 104 valence electrons. The third kappa shape index (κ3) is 3.17. The fraction of sp³-hybridized carbons (Fsp3) is 0.588. The fourth-order valence-corrected chi connectivity index (χ4v) is 3.03. The van der Waals surface area contributed by atoms with E-state index >= 15 is 0 Å². The highest BCUT2D eigenvalue weighted by Crippen LogP contribution is 2.41. The summed E-state index contributed by atoms with van der Waals surface area (Å²) in [6.07, 6.45) is 5.35. The molecule has 0 spiro atoms. The molecule has 1 aromatic rings. The quantitative estimate of drug-likeness (QED) is 0.859. The number of carbonyl (C=O) groups excluding carboxylic acids is 1. The monoisotopic (exact) mass is 259 g/mol. The Morgan fingerprint density at radius 1 is 1.21 bits per heavy atom. The van der Waals surface area contributed by atoms with Crippen molar-refractivity contribution in [1.29, 1.82) is 0 Å². The van der Waals surface area contributed by atoms with E-state index < -0.39 is 0 Å². The van der Waals surface area contributed by atoms with Crippen molar-refractivity contribution in [2.45, 2.75) is 51.4 Å². The molecule has 1 amide bonds. The Bertz CT molecular complexity index is 405. The van der Waals surface area contributed by atoms with Crippen molar-refractivity contribution in [1.82, 2.24) is 5.32 Å². The molecule has 1 fully saturated rings. The van der Waals surface area contributed by atoms with Crippen LogP contribution in [0.5, 0.6) is 0 Å². The first-order valence-electron chi connectivity index (χ1n) is 7.49. The summed E-state index contributed by atoms with van der Waals surface area (Å²) >= 11 is 0. The lowest BCUT2D eigenvalue weighted by Gasteiger charge is -2.28. The maximum atomic E-state index is 12.6. The molecular formula is C17H25NO. The van der Waals surface area contributed by atoms with Crippen LogP contribution in [0.25, 0.3) is 0 Å². The zero-order valence-electron chi connectivity index (χ0n) is 12.1. The van der Waals surface area contributed by atoms with Crippen LogP contribution in [-0.4, -0.2) is 12.5 Å². The van der Waals surface area contributed by atoms with Crippen molar-refractivity contribution in [2.24, 2.45) is 5.92 Å². The van der Waals surface area contributed by atoms with Gasteiger partial charge in [-0.15, -0.1) is 0 Å². The van der Waals surface area contributed by atoms with Crippen molar-refractivity contribution in [2.75, 3.05) is 6.54 Å². The molecule has 1 aliphatic carbocycles. The SMILES string of the molecule is CC(C)CCNC(=O)C1(c2ccccc2)CCCC1. The topological polar surface area (TPSA) is 29.1 Å². The number of benzene rings is 1. The van der Waals surface area contributed by atoms with E-state index in [0.717, 1.165) is 38.6 Å². The van der Waals surface area contributed by atoms with E-state index in [0.29, 0.717) is 5.92 Å². The summed E-state index contributed by atoms with van der Waals surface area (Å²) in [5.41, 5.74) is 0.924. The van der Waals surface area contributed by atoms with E-state index in [1.54, 1.807) is 0 Å². The summed E-state index contributed by atoms with van der Waals surface area (Å²) in [4.78, 5) is 12.6. The maximum Gasteiger partial charge on any atom is 0.230 e. The molecule has 0 bridgehead atoms. The molecule has 1 aromatic carbocycles. The lowest BCUT2D eigenvalue weighted by molar-refractivity contribution is -0.126. The standard InChI is InChI=1S/C17H25NO/c1-14(2)10-13-18-16(19)17(11-6-7-12-17)15-8-4-3-5-9-15/h3-5,8-9,14H,6-7,10-13H2,1-2H3,(H,18,19). The highest BCUT2D eigenvalue weighted by molar-refractivity contribution is 5.88. The Hall–Kier alpha value is -1.31. The molecular weight excluding hydrogens is 234 g/mol. The van der Waals surface area contributed by atoms with E-state index in [1.165, 1.54) is 5.56 Å². The molecule has 19 heavy (non-hydrogen) atoms. The first kappa shape index (κ1) is 14.1. The number of carbonyl (C=O) groups is 1. The van der Waals surface area contributed by atoms with Gasteiger partial charge < -0.3 is 5.32 Å². The summed E-state index contributed by atoms with van der Waals surface area (Å²) < 4.78 is 0. The normalized spacial score (nSPS) is 17.6. The van der Waals surface area contributed by atoms with Gasteiger partial charge in [-0.2, -0.15) is 0 Å². The molecule has 0 heterocycles. The predicted molar refractivity (Wildman–Crippen MR) is 79.1 cm³/mol. The van der Waals surface area contributed by atoms with E-state index in [4.69, 9.17) is 0 Å². The summed E-state index contributed by atoms with van der Waals surface area (Å²) in [6.45, 7) is 5.18. The van der Waals surface area contributed by atoms with Gasteiger partial charge in [-0.05, 0) is 30.7 Å². The van der Waals surface area contributed by atoms with Gasteiger partial charge in [-0.1, -0.05) is 57.0 Å². The van der Waals surface area contributed by atoms with Gasteiger partial charge >= 0.3 is 0 Å². The highest BCUT2D eigenvalue weighted by Gasteiger charge is 2.42. The molecule has 0 atom stereocenters. The van der Waals surface area contributed by atoms with Crippen LogP contribution in [0, 0.1) is 5.92 Å². The van der Waals surface area contributed by atoms with Crippen molar-refractivity contribution in [3.8, 4) is 0 Å². The Balaban J connectivity index is 2.09. The minimum atomic E-state index is -0.266. The number of hydrogen-bond acceptors (Lipinski definition) is 1. The molecule has 0 radical (unpaired) electrons. The molecule has 1 aliphatic rings. The smallest absolute Gasteiger partial charge is 0.230 e. The van der Waals surface area contributed by atoms with Crippen LogP contribution >= 0.6 is 0 Å². The van der Waals surface area contributed by atoms with E-state index in [9.17, 15) is 4.79 Å². The number of hydrogen-bond donors (Lipinski definition) is 1. The zero-order valence-corrected chi connectivity index (χ0v) is 12.1. The minimum Gasteiger partial charge on any atom is -0.355 e. The molecule has 0 unspecified atom stereocenters. The average molecular weight is 259 g/mol. The molecule has 0 saturated heterocycles. The Morgan fingerprint density at radius 3 is 2.42 bits per heavy atom. The lowest BCUT2D eigenvalue weighted by Crippen LogP contribution is -2.43. The maximum absolute atomic E-state index is 12.6. The van der Waals surface area contributed by atoms with Crippen LogP contribution in [0.3, 0.4) is 0 Å². The summed E-state index contributed by atoms with van der Waals surface area (Å²) in [6, 6.07) is 10.3. The molecule has 2 nitrogen and oxygen atoms in total. The third-order valence-corrected chi connectivity index (χ3v) is 4.23. The van der Waals surface area contributed by atoms with Gasteiger partial charge in [0.2, 0.25) is 5.91 Å². The molecule has 2 heteroatoms. The van der Waals surface area contributed by atoms with E-state index in [2.05, 4.69) is 31.3 Å². The van der Waals surface area contributed by atoms with Gasteiger partial charge in [0.1, 0.15) is 0 Å². The third-order valence-electron chi connectivity index (χ3n) is 4.23. The first-order valence-corrected chi connectivity index (χ1v) is 7.49. The van der Waals surface area contributed by atoms with Gasteiger partial charge in [-0.25, -0.2) is 0 Å². The second-order valence-electron chi connectivity index (χ2n) is 6.09. The Labute approximate surface area is 116 Å². The summed E-state index contributed by atoms with van der Waals surface area (Å²) in [7, 11) is 0. The number of amides is 1. The highest BCUT2D eigenvalue weighted by atomic mass is 16.2. The Kier molecular flexibility index (Phi) is 4.62. The van der Waals surface area contributed by atoms with Crippen LogP contribution in [0.1, 0.15) is 51.5 Å². The lowest BCUT2D eigenvalue weighted by atomic mass is 9.78. The van der Waals surface area contributed by atoms with Gasteiger partial charge in [0.05, 0.1) is 5.41 Å². The second kappa shape index (κ2) is 6.23.